The predicted molar refractivity (Wildman–Crippen MR) is 60.5 cm³/mol. The summed E-state index contributed by atoms with van der Waals surface area (Å²) in [5, 5.41) is 17.4. The van der Waals surface area contributed by atoms with Gasteiger partial charge in [-0.1, -0.05) is 20.3 Å². The second kappa shape index (κ2) is 7.65. The number of hydrogen-bond donors (Lipinski definition) is 2. The zero-order valence-electron chi connectivity index (χ0n) is 10.2. The summed E-state index contributed by atoms with van der Waals surface area (Å²) < 4.78 is 0. The number of carboxylic acid groups (broad SMARTS) is 2. The quantitative estimate of drug-likeness (QED) is 0.659. The van der Waals surface area contributed by atoms with Crippen molar-refractivity contribution in [2.75, 3.05) is 13.1 Å². The summed E-state index contributed by atoms with van der Waals surface area (Å²) >= 11 is 0. The third kappa shape index (κ3) is 6.55. The Kier molecular flexibility index (Phi) is 6.93. The average molecular weight is 245 g/mol. The van der Waals surface area contributed by atoms with E-state index in [4.69, 9.17) is 10.2 Å². The standard InChI is InChI=1S/C11H19NO5/c1-3-4-5-9(13)12(7-10(14)15)6-8(2)11(16)17/h8H,3-7H2,1-2H3,(H,14,15)(H,16,17). The number of nitrogens with zero attached hydrogens (tertiary/aromatic N) is 1. The van der Waals surface area contributed by atoms with E-state index in [0.717, 1.165) is 11.3 Å². The normalized spacial score (nSPS) is 11.9. The highest BCUT2D eigenvalue weighted by Gasteiger charge is 2.21. The van der Waals surface area contributed by atoms with Gasteiger partial charge in [-0.15, -0.1) is 0 Å². The zero-order valence-corrected chi connectivity index (χ0v) is 10.2. The molecular formula is C11H19NO5. The molecule has 98 valence electrons. The van der Waals surface area contributed by atoms with E-state index in [1.807, 2.05) is 6.92 Å². The zero-order chi connectivity index (χ0) is 13.4. The fraction of sp³-hybridized carbons (Fsp3) is 0.727. The van der Waals surface area contributed by atoms with Crippen LogP contribution in [0.2, 0.25) is 0 Å². The van der Waals surface area contributed by atoms with E-state index in [9.17, 15) is 14.4 Å². The van der Waals surface area contributed by atoms with Crippen LogP contribution in [0.3, 0.4) is 0 Å². The number of hydrogen-bond acceptors (Lipinski definition) is 3. The molecule has 17 heavy (non-hydrogen) atoms. The van der Waals surface area contributed by atoms with Crippen molar-refractivity contribution < 1.29 is 24.6 Å². The van der Waals surface area contributed by atoms with Crippen LogP contribution in [-0.2, 0) is 14.4 Å². The van der Waals surface area contributed by atoms with E-state index >= 15 is 0 Å². The molecule has 1 atom stereocenters. The highest BCUT2D eigenvalue weighted by Crippen LogP contribution is 2.05. The Balaban J connectivity index is 4.46. The van der Waals surface area contributed by atoms with Crippen LogP contribution in [0.4, 0.5) is 0 Å². The highest BCUT2D eigenvalue weighted by atomic mass is 16.4. The molecule has 0 aliphatic rings. The minimum Gasteiger partial charge on any atom is -0.481 e. The van der Waals surface area contributed by atoms with Crippen molar-refractivity contribution in [3.8, 4) is 0 Å². The molecule has 0 fully saturated rings. The van der Waals surface area contributed by atoms with Crippen molar-refractivity contribution in [1.29, 1.82) is 0 Å². The molecule has 0 bridgehead atoms. The Morgan fingerprint density at radius 3 is 2.24 bits per heavy atom. The van der Waals surface area contributed by atoms with Gasteiger partial charge >= 0.3 is 11.9 Å². The van der Waals surface area contributed by atoms with E-state index in [0.29, 0.717) is 6.42 Å². The molecule has 0 rings (SSSR count). The maximum absolute atomic E-state index is 11.7. The lowest BCUT2D eigenvalue weighted by Gasteiger charge is -2.22. The minimum atomic E-state index is -1.13. The maximum atomic E-state index is 11.7. The second-order valence-corrected chi connectivity index (χ2v) is 4.01. The molecule has 0 radical (unpaired) electrons. The molecule has 0 spiro atoms. The van der Waals surface area contributed by atoms with Crippen LogP contribution in [0.25, 0.3) is 0 Å². The largest absolute Gasteiger partial charge is 0.481 e. The number of carbonyl (C=O) groups excluding carboxylic acids is 1. The van der Waals surface area contributed by atoms with Gasteiger partial charge in [-0.3, -0.25) is 14.4 Å². The van der Waals surface area contributed by atoms with Crippen LogP contribution in [0.15, 0.2) is 0 Å². The van der Waals surface area contributed by atoms with Crippen LogP contribution < -0.4 is 0 Å². The molecular weight excluding hydrogens is 226 g/mol. The number of rotatable bonds is 8. The van der Waals surface area contributed by atoms with E-state index in [2.05, 4.69) is 0 Å². The molecule has 0 saturated heterocycles. The average Bonchev–Trinajstić information content (AvgIpc) is 2.23. The van der Waals surface area contributed by atoms with E-state index < -0.39 is 24.4 Å². The summed E-state index contributed by atoms with van der Waals surface area (Å²) in [4.78, 5) is 34.0. The van der Waals surface area contributed by atoms with Crippen LogP contribution in [0.1, 0.15) is 33.1 Å². The molecule has 0 aromatic rings. The summed E-state index contributed by atoms with van der Waals surface area (Å²) in [7, 11) is 0. The van der Waals surface area contributed by atoms with Gasteiger partial charge in [0.25, 0.3) is 0 Å². The molecule has 0 heterocycles. The van der Waals surface area contributed by atoms with Gasteiger partial charge in [0.2, 0.25) is 5.91 Å². The second-order valence-electron chi connectivity index (χ2n) is 4.01. The molecule has 6 heteroatoms. The lowest BCUT2D eigenvalue weighted by atomic mass is 10.1. The number of carboxylic acids is 2. The van der Waals surface area contributed by atoms with Crippen LogP contribution >= 0.6 is 0 Å². The monoisotopic (exact) mass is 245 g/mol. The van der Waals surface area contributed by atoms with Gasteiger partial charge in [-0.25, -0.2) is 0 Å². The van der Waals surface area contributed by atoms with Crippen LogP contribution in [0, 0.1) is 5.92 Å². The van der Waals surface area contributed by atoms with Gasteiger partial charge in [-0.05, 0) is 6.42 Å². The maximum Gasteiger partial charge on any atom is 0.323 e. The van der Waals surface area contributed by atoms with Crippen molar-refractivity contribution in [2.24, 2.45) is 5.92 Å². The van der Waals surface area contributed by atoms with Gasteiger partial charge in [0.05, 0.1) is 5.92 Å². The summed E-state index contributed by atoms with van der Waals surface area (Å²) in [6.07, 6.45) is 1.77. The third-order valence-electron chi connectivity index (χ3n) is 2.34. The molecule has 0 aromatic carbocycles. The predicted octanol–water partition coefficient (Wildman–Crippen LogP) is 0.810. The lowest BCUT2D eigenvalue weighted by molar-refractivity contribution is -0.148. The summed E-state index contributed by atoms with van der Waals surface area (Å²) in [5.74, 6) is -3.24. The number of carbonyl (C=O) groups is 3. The SMILES string of the molecule is CCCCC(=O)N(CC(=O)O)CC(C)C(=O)O. The fourth-order valence-corrected chi connectivity index (χ4v) is 1.31. The van der Waals surface area contributed by atoms with E-state index in [-0.39, 0.29) is 18.9 Å². The summed E-state index contributed by atoms with van der Waals surface area (Å²) in [6.45, 7) is 2.86. The van der Waals surface area contributed by atoms with E-state index in [1.54, 1.807) is 0 Å². The Hall–Kier alpha value is -1.59. The lowest BCUT2D eigenvalue weighted by Crippen LogP contribution is -2.40. The van der Waals surface area contributed by atoms with Gasteiger partial charge < -0.3 is 15.1 Å². The molecule has 0 aliphatic heterocycles. The van der Waals surface area contributed by atoms with Crippen LogP contribution in [0.5, 0.6) is 0 Å². The minimum absolute atomic E-state index is 0.0653. The molecule has 1 unspecified atom stereocenters. The summed E-state index contributed by atoms with van der Waals surface area (Å²) in [5.41, 5.74) is 0. The van der Waals surface area contributed by atoms with Gasteiger partial charge in [0, 0.05) is 13.0 Å². The Bertz CT molecular complexity index is 290. The number of unbranched alkanes of at least 4 members (excludes halogenated alkanes) is 1. The third-order valence-corrected chi connectivity index (χ3v) is 2.34. The molecule has 0 saturated carbocycles. The first-order chi connectivity index (χ1) is 7.88. The first kappa shape index (κ1) is 15.4. The smallest absolute Gasteiger partial charge is 0.323 e. The summed E-state index contributed by atoms with van der Waals surface area (Å²) in [6, 6.07) is 0. The van der Waals surface area contributed by atoms with Crippen molar-refractivity contribution >= 4 is 17.8 Å². The van der Waals surface area contributed by atoms with Crippen LogP contribution in [-0.4, -0.2) is 46.0 Å². The Morgan fingerprint density at radius 1 is 1.24 bits per heavy atom. The number of aliphatic carboxylic acids is 2. The fourth-order valence-electron chi connectivity index (χ4n) is 1.31. The van der Waals surface area contributed by atoms with E-state index in [1.165, 1.54) is 6.92 Å². The van der Waals surface area contributed by atoms with Gasteiger partial charge in [0.1, 0.15) is 6.54 Å². The Labute approximate surface area is 100 Å². The van der Waals surface area contributed by atoms with Crippen molar-refractivity contribution in [3.05, 3.63) is 0 Å². The van der Waals surface area contributed by atoms with Gasteiger partial charge in [0.15, 0.2) is 0 Å². The van der Waals surface area contributed by atoms with Crippen molar-refractivity contribution in [2.45, 2.75) is 33.1 Å². The molecule has 0 aromatic heterocycles. The highest BCUT2D eigenvalue weighted by molar-refractivity contribution is 5.82. The Morgan fingerprint density at radius 2 is 1.82 bits per heavy atom. The molecule has 1 amide bonds. The van der Waals surface area contributed by atoms with Crippen molar-refractivity contribution in [3.63, 3.8) is 0 Å². The molecule has 0 aliphatic carbocycles. The number of amides is 1. The first-order valence-electron chi connectivity index (χ1n) is 5.60. The van der Waals surface area contributed by atoms with Gasteiger partial charge in [-0.2, -0.15) is 0 Å². The first-order valence-corrected chi connectivity index (χ1v) is 5.60. The molecule has 2 N–H and O–H groups in total. The topological polar surface area (TPSA) is 94.9 Å². The molecule has 6 nitrogen and oxygen atoms in total. The van der Waals surface area contributed by atoms with Crippen molar-refractivity contribution in [1.82, 2.24) is 4.90 Å².